The fourth-order valence-electron chi connectivity index (χ4n) is 3.55. The van der Waals surface area contributed by atoms with Crippen molar-refractivity contribution in [2.45, 2.75) is 18.6 Å². The maximum Gasteiger partial charge on any atom is 0.417 e. The molecule has 2 aromatic rings. The van der Waals surface area contributed by atoms with E-state index in [1.165, 1.54) is 13.0 Å². The van der Waals surface area contributed by atoms with Gasteiger partial charge in [0.2, 0.25) is 5.91 Å². The first-order valence-corrected chi connectivity index (χ1v) is 10.1. The molecule has 0 spiro atoms. The van der Waals surface area contributed by atoms with Crippen LogP contribution < -0.4 is 20.1 Å². The van der Waals surface area contributed by atoms with Gasteiger partial charge >= 0.3 is 12.2 Å². The summed E-state index contributed by atoms with van der Waals surface area (Å²) in [5.41, 5.74) is -2.36. The Morgan fingerprint density at radius 3 is 2.55 bits per heavy atom. The van der Waals surface area contributed by atoms with Crippen molar-refractivity contribution in [2.75, 3.05) is 25.1 Å². The molecule has 1 fully saturated rings. The quantitative estimate of drug-likeness (QED) is 0.648. The Bertz CT molecular complexity index is 1160. The molecule has 1 saturated heterocycles. The average molecular weight is 484 g/mol. The van der Waals surface area contributed by atoms with Gasteiger partial charge < -0.3 is 20.1 Å². The molecule has 4 amide bonds. The summed E-state index contributed by atoms with van der Waals surface area (Å²) >= 11 is 5.57. The Labute approximate surface area is 190 Å². The van der Waals surface area contributed by atoms with Gasteiger partial charge in [-0.3, -0.25) is 14.5 Å². The zero-order valence-corrected chi connectivity index (χ0v) is 17.8. The lowest BCUT2D eigenvalue weighted by atomic mass is 9.91. The molecule has 33 heavy (non-hydrogen) atoms. The van der Waals surface area contributed by atoms with Gasteiger partial charge in [-0.25, -0.2) is 4.79 Å². The molecule has 2 aliphatic rings. The predicted molar refractivity (Wildman–Crippen MR) is 110 cm³/mol. The van der Waals surface area contributed by atoms with Gasteiger partial charge in [-0.1, -0.05) is 17.7 Å². The summed E-state index contributed by atoms with van der Waals surface area (Å²) in [5.74, 6) is -0.643. The number of anilines is 1. The molecule has 2 heterocycles. The van der Waals surface area contributed by atoms with E-state index in [2.05, 4.69) is 10.6 Å². The van der Waals surface area contributed by atoms with E-state index in [1.54, 1.807) is 18.2 Å². The van der Waals surface area contributed by atoms with E-state index in [4.69, 9.17) is 21.1 Å². The molecule has 0 bridgehead atoms. The molecule has 174 valence electrons. The normalized spacial score (nSPS) is 20.0. The molecule has 1 atom stereocenters. The first-order chi connectivity index (χ1) is 15.5. The Hall–Kier alpha value is -3.47. The van der Waals surface area contributed by atoms with Crippen LogP contribution in [-0.2, 0) is 21.3 Å². The number of carbonyl (C=O) groups is 3. The van der Waals surface area contributed by atoms with E-state index >= 15 is 0 Å². The number of halogens is 4. The van der Waals surface area contributed by atoms with Gasteiger partial charge in [0.15, 0.2) is 11.5 Å². The minimum absolute atomic E-state index is 0.182. The topological polar surface area (TPSA) is 97.0 Å². The summed E-state index contributed by atoms with van der Waals surface area (Å²) < 4.78 is 50.0. The number of ether oxygens (including phenoxy) is 2. The van der Waals surface area contributed by atoms with Crippen molar-refractivity contribution in [2.24, 2.45) is 0 Å². The zero-order chi connectivity index (χ0) is 24.0. The van der Waals surface area contributed by atoms with Gasteiger partial charge in [0.25, 0.3) is 5.91 Å². The number of hydrogen-bond acceptors (Lipinski definition) is 5. The number of amides is 4. The maximum absolute atomic E-state index is 13.0. The molecule has 4 rings (SSSR count). The average Bonchev–Trinajstić information content (AvgIpc) is 2.98. The highest BCUT2D eigenvalue weighted by Crippen LogP contribution is 2.38. The molecule has 0 saturated carbocycles. The predicted octanol–water partition coefficient (Wildman–Crippen LogP) is 3.54. The third-order valence-corrected chi connectivity index (χ3v) is 5.58. The molecule has 2 N–H and O–H groups in total. The van der Waals surface area contributed by atoms with Gasteiger partial charge in [0, 0.05) is 5.69 Å². The highest BCUT2D eigenvalue weighted by molar-refractivity contribution is 6.31. The third-order valence-electron chi connectivity index (χ3n) is 5.25. The van der Waals surface area contributed by atoms with E-state index in [9.17, 15) is 27.6 Å². The van der Waals surface area contributed by atoms with Crippen molar-refractivity contribution in [1.82, 2.24) is 10.2 Å². The number of carbonyl (C=O) groups excluding carboxylic acids is 3. The molecule has 0 aromatic heterocycles. The lowest BCUT2D eigenvalue weighted by Gasteiger charge is -2.25. The standard InChI is InChI=1S/C21H17ClF3N3O5/c1-20(11-2-5-15-16(8-11)33-7-6-32-15)18(30)28(19(31)27-20)10-17(29)26-12-3-4-14(22)13(9-12)21(23,24)25/h2-5,8-9H,6-7,10H2,1H3,(H,26,29)(H,27,31). The van der Waals surface area contributed by atoms with E-state index in [0.717, 1.165) is 6.07 Å². The Morgan fingerprint density at radius 2 is 1.85 bits per heavy atom. The first kappa shape index (κ1) is 22.7. The number of hydrogen-bond donors (Lipinski definition) is 2. The molecular weight excluding hydrogens is 467 g/mol. The molecule has 12 heteroatoms. The van der Waals surface area contributed by atoms with Crippen molar-refractivity contribution >= 4 is 35.1 Å². The van der Waals surface area contributed by atoms with Crippen molar-refractivity contribution in [1.29, 1.82) is 0 Å². The third kappa shape index (κ3) is 4.28. The van der Waals surface area contributed by atoms with Crippen LogP contribution in [0, 0.1) is 0 Å². The Balaban J connectivity index is 1.50. The molecule has 0 aliphatic carbocycles. The molecular formula is C21H17ClF3N3O5. The van der Waals surface area contributed by atoms with Crippen LogP contribution >= 0.6 is 11.6 Å². The summed E-state index contributed by atoms with van der Waals surface area (Å²) in [6, 6.07) is 6.81. The lowest BCUT2D eigenvalue weighted by molar-refractivity contribution is -0.137. The van der Waals surface area contributed by atoms with Crippen molar-refractivity contribution in [3.8, 4) is 11.5 Å². The maximum atomic E-state index is 13.0. The largest absolute Gasteiger partial charge is 0.486 e. The molecule has 2 aliphatic heterocycles. The summed E-state index contributed by atoms with van der Waals surface area (Å²) in [6.07, 6.45) is -4.71. The van der Waals surface area contributed by atoms with Crippen molar-refractivity contribution in [3.63, 3.8) is 0 Å². The van der Waals surface area contributed by atoms with E-state index in [1.807, 2.05) is 0 Å². The van der Waals surface area contributed by atoms with Gasteiger partial charge in [0.05, 0.1) is 10.6 Å². The van der Waals surface area contributed by atoms with Crippen molar-refractivity contribution in [3.05, 3.63) is 52.5 Å². The lowest BCUT2D eigenvalue weighted by Crippen LogP contribution is -2.42. The second-order valence-electron chi connectivity index (χ2n) is 7.55. The van der Waals surface area contributed by atoms with E-state index < -0.39 is 46.7 Å². The van der Waals surface area contributed by atoms with Gasteiger partial charge in [0.1, 0.15) is 25.3 Å². The number of imide groups is 1. The summed E-state index contributed by atoms with van der Waals surface area (Å²) in [4.78, 5) is 38.6. The van der Waals surface area contributed by atoms with Crippen molar-refractivity contribution < 1.29 is 37.0 Å². The van der Waals surface area contributed by atoms with Crippen LogP contribution in [0.1, 0.15) is 18.1 Å². The molecule has 0 radical (unpaired) electrons. The summed E-state index contributed by atoms with van der Waals surface area (Å²) in [5, 5.41) is 4.28. The minimum Gasteiger partial charge on any atom is -0.486 e. The van der Waals surface area contributed by atoms with Crippen LogP contribution in [0.2, 0.25) is 5.02 Å². The number of benzene rings is 2. The number of fused-ring (bicyclic) bond motifs is 1. The fourth-order valence-corrected chi connectivity index (χ4v) is 3.78. The number of alkyl halides is 3. The number of rotatable bonds is 4. The van der Waals surface area contributed by atoms with Crippen LogP contribution in [0.3, 0.4) is 0 Å². The summed E-state index contributed by atoms with van der Waals surface area (Å²) in [6.45, 7) is 1.50. The molecule has 8 nitrogen and oxygen atoms in total. The van der Waals surface area contributed by atoms with Crippen LogP contribution in [0.25, 0.3) is 0 Å². The van der Waals surface area contributed by atoms with Crippen LogP contribution in [0.15, 0.2) is 36.4 Å². The molecule has 1 unspecified atom stereocenters. The Morgan fingerprint density at radius 1 is 1.15 bits per heavy atom. The first-order valence-electron chi connectivity index (χ1n) is 9.70. The number of nitrogens with zero attached hydrogens (tertiary/aromatic N) is 1. The Kier molecular flexibility index (Phi) is 5.61. The fraction of sp³-hybridized carbons (Fsp3) is 0.286. The van der Waals surface area contributed by atoms with Gasteiger partial charge in [-0.15, -0.1) is 0 Å². The van der Waals surface area contributed by atoms with E-state index in [-0.39, 0.29) is 5.69 Å². The molecule has 2 aromatic carbocycles. The second kappa shape index (κ2) is 8.14. The summed E-state index contributed by atoms with van der Waals surface area (Å²) in [7, 11) is 0. The highest BCUT2D eigenvalue weighted by atomic mass is 35.5. The van der Waals surface area contributed by atoms with Crippen LogP contribution in [0.5, 0.6) is 11.5 Å². The van der Waals surface area contributed by atoms with Gasteiger partial charge in [-0.05, 0) is 42.8 Å². The van der Waals surface area contributed by atoms with E-state index in [0.29, 0.717) is 41.2 Å². The smallest absolute Gasteiger partial charge is 0.417 e. The zero-order valence-electron chi connectivity index (χ0n) is 17.1. The van der Waals surface area contributed by atoms with Crippen LogP contribution in [0.4, 0.5) is 23.7 Å². The number of nitrogens with one attached hydrogen (secondary N) is 2. The highest BCUT2D eigenvalue weighted by Gasteiger charge is 2.50. The van der Waals surface area contributed by atoms with Gasteiger partial charge in [-0.2, -0.15) is 13.2 Å². The number of urea groups is 1. The second-order valence-corrected chi connectivity index (χ2v) is 7.95. The minimum atomic E-state index is -4.71. The SMILES string of the molecule is CC1(c2ccc3c(c2)OCCO3)NC(=O)N(CC(=O)Nc2ccc(Cl)c(C(F)(F)F)c2)C1=O. The monoisotopic (exact) mass is 483 g/mol. The van der Waals surface area contributed by atoms with Crippen LogP contribution in [-0.4, -0.2) is 42.5 Å².